The monoisotopic (exact) mass is 213 g/mol. The predicted octanol–water partition coefficient (Wildman–Crippen LogP) is 0.932. The zero-order chi connectivity index (χ0) is 11.1. The van der Waals surface area contributed by atoms with E-state index < -0.39 is 5.97 Å². The fourth-order valence-electron chi connectivity index (χ4n) is 1.02. The van der Waals surface area contributed by atoms with Gasteiger partial charge in [-0.15, -0.1) is 0 Å². The highest BCUT2D eigenvalue weighted by Gasteiger charge is 2.10. The molecule has 0 aliphatic carbocycles. The molecule has 0 saturated carbocycles. The number of furan rings is 1. The number of ether oxygens (including phenoxy) is 2. The molecule has 0 saturated heterocycles. The van der Waals surface area contributed by atoms with Crippen LogP contribution in [0.15, 0.2) is 16.5 Å². The van der Waals surface area contributed by atoms with Crippen LogP contribution in [0.2, 0.25) is 0 Å². The molecule has 0 aliphatic rings. The van der Waals surface area contributed by atoms with Gasteiger partial charge in [-0.25, -0.2) is 4.79 Å². The molecule has 0 radical (unpaired) electrons. The fourth-order valence-corrected chi connectivity index (χ4v) is 1.02. The molecule has 0 aromatic carbocycles. The standard InChI is InChI=1S/C10H15NO4/c1-13-10(12)9-4-3-8(15-9)7-14-6-2-5-11/h3-4H,2,5-7,11H2,1H3. The zero-order valence-electron chi connectivity index (χ0n) is 8.69. The highest BCUT2D eigenvalue weighted by molar-refractivity contribution is 5.86. The molecular formula is C10H15NO4. The van der Waals surface area contributed by atoms with Crippen LogP contribution in [0.3, 0.4) is 0 Å². The summed E-state index contributed by atoms with van der Waals surface area (Å²) < 4.78 is 14.9. The second-order valence-corrected chi connectivity index (χ2v) is 2.95. The number of hydrogen-bond acceptors (Lipinski definition) is 5. The van der Waals surface area contributed by atoms with Gasteiger partial charge in [0.15, 0.2) is 0 Å². The predicted molar refractivity (Wildman–Crippen MR) is 53.4 cm³/mol. The number of rotatable bonds is 6. The quantitative estimate of drug-likeness (QED) is 0.562. The van der Waals surface area contributed by atoms with Crippen molar-refractivity contribution in [3.8, 4) is 0 Å². The molecule has 0 aliphatic heterocycles. The number of carbonyl (C=O) groups excluding carboxylic acids is 1. The van der Waals surface area contributed by atoms with E-state index in [9.17, 15) is 4.79 Å². The molecule has 15 heavy (non-hydrogen) atoms. The van der Waals surface area contributed by atoms with E-state index in [1.54, 1.807) is 12.1 Å². The fraction of sp³-hybridized carbons (Fsp3) is 0.500. The Bertz CT molecular complexity index is 308. The molecule has 0 spiro atoms. The van der Waals surface area contributed by atoms with Crippen LogP contribution in [0.4, 0.5) is 0 Å². The average Bonchev–Trinajstić information content (AvgIpc) is 2.72. The Labute approximate surface area is 88.1 Å². The van der Waals surface area contributed by atoms with Crippen molar-refractivity contribution in [1.29, 1.82) is 0 Å². The molecule has 1 heterocycles. The Morgan fingerprint density at radius 1 is 1.53 bits per heavy atom. The van der Waals surface area contributed by atoms with Crippen molar-refractivity contribution >= 4 is 5.97 Å². The summed E-state index contributed by atoms with van der Waals surface area (Å²) in [5.41, 5.74) is 5.31. The Morgan fingerprint density at radius 2 is 2.33 bits per heavy atom. The van der Waals surface area contributed by atoms with Crippen LogP contribution in [-0.4, -0.2) is 26.2 Å². The maximum Gasteiger partial charge on any atom is 0.373 e. The summed E-state index contributed by atoms with van der Waals surface area (Å²) in [6.45, 7) is 1.54. The van der Waals surface area contributed by atoms with Gasteiger partial charge in [0, 0.05) is 6.61 Å². The lowest BCUT2D eigenvalue weighted by Crippen LogP contribution is -2.04. The largest absolute Gasteiger partial charge is 0.463 e. The van der Waals surface area contributed by atoms with E-state index in [4.69, 9.17) is 14.9 Å². The van der Waals surface area contributed by atoms with Crippen molar-refractivity contribution in [2.45, 2.75) is 13.0 Å². The van der Waals surface area contributed by atoms with E-state index in [0.717, 1.165) is 6.42 Å². The van der Waals surface area contributed by atoms with Crippen LogP contribution in [0.1, 0.15) is 22.7 Å². The third kappa shape index (κ3) is 3.73. The summed E-state index contributed by atoms with van der Waals surface area (Å²) >= 11 is 0. The third-order valence-corrected chi connectivity index (χ3v) is 1.79. The Morgan fingerprint density at radius 3 is 3.00 bits per heavy atom. The van der Waals surface area contributed by atoms with Crippen LogP contribution in [0.5, 0.6) is 0 Å². The van der Waals surface area contributed by atoms with Crippen molar-refractivity contribution < 1.29 is 18.7 Å². The van der Waals surface area contributed by atoms with E-state index in [1.807, 2.05) is 0 Å². The summed E-state index contributed by atoms with van der Waals surface area (Å²) in [5.74, 6) is 0.311. The molecule has 2 N–H and O–H groups in total. The van der Waals surface area contributed by atoms with E-state index in [-0.39, 0.29) is 5.76 Å². The minimum atomic E-state index is -0.483. The third-order valence-electron chi connectivity index (χ3n) is 1.79. The smallest absolute Gasteiger partial charge is 0.373 e. The molecule has 1 rings (SSSR count). The molecule has 0 unspecified atom stereocenters. The van der Waals surface area contributed by atoms with Gasteiger partial charge in [0.2, 0.25) is 5.76 Å². The highest BCUT2D eigenvalue weighted by Crippen LogP contribution is 2.10. The first-order chi connectivity index (χ1) is 7.27. The van der Waals surface area contributed by atoms with Gasteiger partial charge in [-0.05, 0) is 25.1 Å². The molecule has 84 valence electrons. The number of methoxy groups -OCH3 is 1. The van der Waals surface area contributed by atoms with Crippen molar-refractivity contribution in [2.75, 3.05) is 20.3 Å². The van der Waals surface area contributed by atoms with Gasteiger partial charge < -0.3 is 19.6 Å². The lowest BCUT2D eigenvalue weighted by molar-refractivity contribution is 0.0552. The van der Waals surface area contributed by atoms with Crippen LogP contribution in [0, 0.1) is 0 Å². The summed E-state index contributed by atoms with van der Waals surface area (Å²) in [6, 6.07) is 3.25. The second-order valence-electron chi connectivity index (χ2n) is 2.95. The molecule has 0 atom stereocenters. The van der Waals surface area contributed by atoms with Gasteiger partial charge in [-0.2, -0.15) is 0 Å². The lowest BCUT2D eigenvalue weighted by atomic mass is 10.4. The minimum Gasteiger partial charge on any atom is -0.463 e. The summed E-state index contributed by atoms with van der Waals surface area (Å²) in [6.07, 6.45) is 0.810. The number of carbonyl (C=O) groups is 1. The number of esters is 1. The van der Waals surface area contributed by atoms with Crippen LogP contribution < -0.4 is 5.73 Å². The molecule has 0 fully saturated rings. The summed E-state index contributed by atoms with van der Waals surface area (Å²) in [7, 11) is 1.31. The Hall–Kier alpha value is -1.33. The van der Waals surface area contributed by atoms with E-state index in [1.165, 1.54) is 7.11 Å². The Balaban J connectivity index is 2.36. The van der Waals surface area contributed by atoms with Crippen LogP contribution in [0.25, 0.3) is 0 Å². The first kappa shape index (κ1) is 11.7. The van der Waals surface area contributed by atoms with Crippen molar-refractivity contribution in [3.63, 3.8) is 0 Å². The van der Waals surface area contributed by atoms with Gasteiger partial charge in [0.1, 0.15) is 12.4 Å². The maximum atomic E-state index is 11.0. The molecule has 0 bridgehead atoms. The normalized spacial score (nSPS) is 10.3. The molecule has 1 aromatic rings. The molecule has 1 aromatic heterocycles. The number of hydrogen-bond donors (Lipinski definition) is 1. The van der Waals surface area contributed by atoms with Crippen LogP contribution in [-0.2, 0) is 16.1 Å². The van der Waals surface area contributed by atoms with E-state index in [2.05, 4.69) is 4.74 Å². The first-order valence-electron chi connectivity index (χ1n) is 4.72. The molecule has 5 heteroatoms. The van der Waals surface area contributed by atoms with E-state index in [0.29, 0.717) is 25.5 Å². The van der Waals surface area contributed by atoms with Crippen LogP contribution >= 0.6 is 0 Å². The average molecular weight is 213 g/mol. The highest BCUT2D eigenvalue weighted by atomic mass is 16.5. The van der Waals surface area contributed by atoms with Gasteiger partial charge in [0.25, 0.3) is 0 Å². The van der Waals surface area contributed by atoms with Gasteiger partial charge >= 0.3 is 5.97 Å². The van der Waals surface area contributed by atoms with Crippen molar-refractivity contribution in [3.05, 3.63) is 23.7 Å². The summed E-state index contributed by atoms with van der Waals surface area (Å²) in [4.78, 5) is 11.0. The minimum absolute atomic E-state index is 0.190. The maximum absolute atomic E-state index is 11.0. The van der Waals surface area contributed by atoms with Crippen molar-refractivity contribution in [1.82, 2.24) is 0 Å². The second kappa shape index (κ2) is 6.21. The zero-order valence-corrected chi connectivity index (χ0v) is 8.69. The molecule has 0 amide bonds. The number of nitrogens with two attached hydrogens (primary N) is 1. The SMILES string of the molecule is COC(=O)c1ccc(COCCCN)o1. The first-order valence-corrected chi connectivity index (χ1v) is 4.72. The van der Waals surface area contributed by atoms with Gasteiger partial charge in [-0.3, -0.25) is 0 Å². The lowest BCUT2D eigenvalue weighted by Gasteiger charge is -1.99. The van der Waals surface area contributed by atoms with Gasteiger partial charge in [-0.1, -0.05) is 0 Å². The topological polar surface area (TPSA) is 74.7 Å². The Kier molecular flexibility index (Phi) is 4.86. The van der Waals surface area contributed by atoms with Crippen molar-refractivity contribution in [2.24, 2.45) is 5.73 Å². The molecule has 5 nitrogen and oxygen atoms in total. The van der Waals surface area contributed by atoms with E-state index >= 15 is 0 Å². The molecular weight excluding hydrogens is 198 g/mol. The van der Waals surface area contributed by atoms with Gasteiger partial charge in [0.05, 0.1) is 7.11 Å². The summed E-state index contributed by atoms with van der Waals surface area (Å²) in [5, 5.41) is 0.